The van der Waals surface area contributed by atoms with Crippen molar-refractivity contribution in [3.63, 3.8) is 0 Å². The third-order valence-corrected chi connectivity index (χ3v) is 4.41. The fourth-order valence-corrected chi connectivity index (χ4v) is 3.00. The second kappa shape index (κ2) is 8.08. The van der Waals surface area contributed by atoms with Crippen molar-refractivity contribution in [2.75, 3.05) is 19.2 Å². The Morgan fingerprint density at radius 2 is 2.00 bits per heavy atom. The summed E-state index contributed by atoms with van der Waals surface area (Å²) in [5, 5.41) is 29.7. The van der Waals surface area contributed by atoms with E-state index in [1.807, 2.05) is 0 Å². The van der Waals surface area contributed by atoms with Gasteiger partial charge in [-0.2, -0.15) is 4.98 Å². The summed E-state index contributed by atoms with van der Waals surface area (Å²) in [5.41, 5.74) is 4.05. The van der Waals surface area contributed by atoms with Gasteiger partial charge in [0, 0.05) is 18.0 Å². The van der Waals surface area contributed by atoms with Crippen LogP contribution in [-0.2, 0) is 9.57 Å². The summed E-state index contributed by atoms with van der Waals surface area (Å²) in [6.07, 6.45) is 0.235. The zero-order valence-corrected chi connectivity index (χ0v) is 15.3. The molecule has 0 aromatic carbocycles. The maximum atomic E-state index is 10.3. The molecule has 4 heterocycles. The largest absolute Gasteiger partial charge is 0.394 e. The van der Waals surface area contributed by atoms with E-state index in [0.717, 1.165) is 5.56 Å². The Morgan fingerprint density at radius 3 is 2.69 bits per heavy atom. The summed E-state index contributed by atoms with van der Waals surface area (Å²) in [6, 6.07) is 3.51. The fourth-order valence-electron chi connectivity index (χ4n) is 3.00. The number of hydrogen-bond donors (Lipinski definition) is 4. The van der Waals surface area contributed by atoms with Crippen molar-refractivity contribution < 1.29 is 24.9 Å². The summed E-state index contributed by atoms with van der Waals surface area (Å²) in [4.78, 5) is 21.9. The van der Waals surface area contributed by atoms with Crippen molar-refractivity contribution in [3.05, 3.63) is 42.2 Å². The molecule has 1 aliphatic heterocycles. The van der Waals surface area contributed by atoms with E-state index in [0.29, 0.717) is 11.2 Å². The van der Waals surface area contributed by atoms with E-state index in [1.54, 1.807) is 24.5 Å². The standard InChI is InChI=1S/C18H18N6O5/c1-28-23-16-13-17(22-12(21-16)3-2-10-4-6-19-7-5-10)24(9-20-13)18-15(27)14(26)11(8-25)29-18/h4-7,9,11,14-15,18,25-27H,8H2,1H3,(H,21,22,23). The molecule has 4 unspecified atom stereocenters. The SMILES string of the molecule is CONc1nc(C#Cc2ccncc2)nc2c1ncn2C1OC(CO)C(O)C1O. The topological polar surface area (TPSA) is 148 Å². The smallest absolute Gasteiger partial charge is 0.209 e. The van der Waals surface area contributed by atoms with Gasteiger partial charge in [0.2, 0.25) is 5.82 Å². The molecule has 4 atom stereocenters. The Balaban J connectivity index is 1.78. The van der Waals surface area contributed by atoms with Crippen molar-refractivity contribution >= 4 is 17.0 Å². The fraction of sp³-hybridized carbons (Fsp3) is 0.333. The van der Waals surface area contributed by atoms with Gasteiger partial charge in [0.25, 0.3) is 0 Å². The third-order valence-electron chi connectivity index (χ3n) is 4.41. The van der Waals surface area contributed by atoms with Crippen molar-refractivity contribution in [2.45, 2.75) is 24.5 Å². The summed E-state index contributed by atoms with van der Waals surface area (Å²) in [6.45, 7) is -0.435. The molecule has 4 rings (SSSR count). The van der Waals surface area contributed by atoms with Crippen LogP contribution in [0.5, 0.6) is 0 Å². The molecule has 1 saturated heterocycles. The quantitative estimate of drug-likeness (QED) is 0.325. The highest BCUT2D eigenvalue weighted by molar-refractivity contribution is 5.83. The molecule has 0 spiro atoms. The molecule has 0 aliphatic carbocycles. The third kappa shape index (κ3) is 3.63. The first kappa shape index (κ1) is 19.2. The first-order valence-electron chi connectivity index (χ1n) is 8.70. The van der Waals surface area contributed by atoms with Crippen LogP contribution in [0.25, 0.3) is 11.2 Å². The lowest BCUT2D eigenvalue weighted by molar-refractivity contribution is -0.0511. The van der Waals surface area contributed by atoms with Gasteiger partial charge in [-0.05, 0) is 18.1 Å². The summed E-state index contributed by atoms with van der Waals surface area (Å²) in [5.74, 6) is 6.27. The molecular weight excluding hydrogens is 380 g/mol. The summed E-state index contributed by atoms with van der Waals surface area (Å²) >= 11 is 0. The number of pyridine rings is 1. The van der Waals surface area contributed by atoms with Crippen LogP contribution in [0.2, 0.25) is 0 Å². The van der Waals surface area contributed by atoms with E-state index >= 15 is 0 Å². The Kier molecular flexibility index (Phi) is 5.34. The molecule has 4 N–H and O–H groups in total. The number of nitrogens with one attached hydrogen (secondary N) is 1. The molecule has 11 heteroatoms. The Bertz CT molecular complexity index is 1060. The maximum Gasteiger partial charge on any atom is 0.209 e. The number of hydrogen-bond acceptors (Lipinski definition) is 10. The van der Waals surface area contributed by atoms with Crippen LogP contribution in [0.3, 0.4) is 0 Å². The highest BCUT2D eigenvalue weighted by atomic mass is 16.6. The van der Waals surface area contributed by atoms with Gasteiger partial charge in [-0.15, -0.1) is 0 Å². The average molecular weight is 398 g/mol. The highest BCUT2D eigenvalue weighted by Gasteiger charge is 2.44. The predicted molar refractivity (Wildman–Crippen MR) is 99.2 cm³/mol. The Labute approximate surface area is 164 Å². The second-order valence-corrected chi connectivity index (χ2v) is 6.24. The molecule has 29 heavy (non-hydrogen) atoms. The number of aliphatic hydroxyl groups excluding tert-OH is 3. The molecule has 1 fully saturated rings. The normalized spacial score (nSPS) is 23.7. The molecule has 150 valence electrons. The minimum absolute atomic E-state index is 0.183. The van der Waals surface area contributed by atoms with Crippen LogP contribution in [-0.4, -0.2) is 71.9 Å². The molecule has 0 amide bonds. The van der Waals surface area contributed by atoms with Crippen LogP contribution in [0.1, 0.15) is 17.6 Å². The highest BCUT2D eigenvalue weighted by Crippen LogP contribution is 2.32. The predicted octanol–water partition coefficient (Wildman–Crippen LogP) is -0.794. The molecule has 3 aromatic heterocycles. The monoisotopic (exact) mass is 398 g/mol. The summed E-state index contributed by atoms with van der Waals surface area (Å²) in [7, 11) is 1.43. The van der Waals surface area contributed by atoms with Crippen LogP contribution in [0.15, 0.2) is 30.9 Å². The van der Waals surface area contributed by atoms with Gasteiger partial charge in [-0.3, -0.25) is 14.4 Å². The van der Waals surface area contributed by atoms with Gasteiger partial charge in [-0.25, -0.2) is 15.4 Å². The van der Waals surface area contributed by atoms with E-state index in [2.05, 4.69) is 37.3 Å². The number of anilines is 1. The van der Waals surface area contributed by atoms with E-state index in [-0.39, 0.29) is 11.6 Å². The number of nitrogens with zero attached hydrogens (tertiary/aromatic N) is 5. The zero-order valence-electron chi connectivity index (χ0n) is 15.3. The van der Waals surface area contributed by atoms with E-state index in [4.69, 9.17) is 9.57 Å². The molecule has 0 saturated carbocycles. The number of aromatic nitrogens is 5. The molecule has 3 aromatic rings. The van der Waals surface area contributed by atoms with E-state index in [9.17, 15) is 15.3 Å². The molecular formula is C18H18N6O5. The van der Waals surface area contributed by atoms with E-state index < -0.39 is 31.1 Å². The number of aliphatic hydroxyl groups is 3. The molecule has 1 aliphatic rings. The summed E-state index contributed by atoms with van der Waals surface area (Å²) < 4.78 is 7.03. The second-order valence-electron chi connectivity index (χ2n) is 6.24. The number of imidazole rings is 1. The molecule has 0 radical (unpaired) electrons. The van der Waals surface area contributed by atoms with Crippen LogP contribution >= 0.6 is 0 Å². The lowest BCUT2D eigenvalue weighted by Crippen LogP contribution is -2.33. The Morgan fingerprint density at radius 1 is 1.21 bits per heavy atom. The van der Waals surface area contributed by atoms with Crippen molar-refractivity contribution in [2.24, 2.45) is 0 Å². The lowest BCUT2D eigenvalue weighted by atomic mass is 10.1. The van der Waals surface area contributed by atoms with Crippen LogP contribution in [0.4, 0.5) is 5.82 Å². The number of fused-ring (bicyclic) bond motifs is 1. The minimum Gasteiger partial charge on any atom is -0.394 e. The van der Waals surface area contributed by atoms with Crippen molar-refractivity contribution in [3.8, 4) is 11.8 Å². The van der Waals surface area contributed by atoms with Crippen LogP contribution in [0, 0.1) is 11.8 Å². The van der Waals surface area contributed by atoms with Gasteiger partial charge >= 0.3 is 0 Å². The van der Waals surface area contributed by atoms with Crippen LogP contribution < -0.4 is 5.48 Å². The first-order chi connectivity index (χ1) is 14.1. The number of rotatable bonds is 4. The Hall–Kier alpha value is -3.14. The number of ether oxygens (including phenoxy) is 1. The lowest BCUT2D eigenvalue weighted by Gasteiger charge is -2.16. The molecule has 11 nitrogen and oxygen atoms in total. The van der Waals surface area contributed by atoms with Gasteiger partial charge in [0.15, 0.2) is 23.2 Å². The molecule has 0 bridgehead atoms. The van der Waals surface area contributed by atoms with Gasteiger partial charge in [-0.1, -0.05) is 5.92 Å². The van der Waals surface area contributed by atoms with Gasteiger partial charge in [0.1, 0.15) is 18.3 Å². The zero-order chi connectivity index (χ0) is 20.4. The van der Waals surface area contributed by atoms with Gasteiger partial charge < -0.3 is 20.1 Å². The van der Waals surface area contributed by atoms with Crippen molar-refractivity contribution in [1.82, 2.24) is 24.5 Å². The van der Waals surface area contributed by atoms with Gasteiger partial charge in [0.05, 0.1) is 20.0 Å². The van der Waals surface area contributed by atoms with E-state index in [1.165, 1.54) is 18.0 Å². The average Bonchev–Trinajstić information content (AvgIpc) is 3.29. The van der Waals surface area contributed by atoms with Crippen molar-refractivity contribution in [1.29, 1.82) is 0 Å². The first-order valence-corrected chi connectivity index (χ1v) is 8.70. The minimum atomic E-state index is -1.27. The maximum absolute atomic E-state index is 10.3.